The van der Waals surface area contributed by atoms with E-state index < -0.39 is 12.1 Å². The van der Waals surface area contributed by atoms with Crippen LogP contribution >= 0.6 is 0 Å². The van der Waals surface area contributed by atoms with Crippen molar-refractivity contribution >= 4 is 17.9 Å². The highest BCUT2D eigenvalue weighted by molar-refractivity contribution is 5.72. The van der Waals surface area contributed by atoms with Crippen LogP contribution in [0.3, 0.4) is 0 Å². The van der Waals surface area contributed by atoms with E-state index in [1.165, 1.54) is 186 Å². The molecule has 0 saturated carbocycles. The molecule has 6 nitrogen and oxygen atoms in total. The van der Waals surface area contributed by atoms with Crippen molar-refractivity contribution in [3.8, 4) is 0 Å². The molecule has 6 heteroatoms. The summed E-state index contributed by atoms with van der Waals surface area (Å²) < 4.78 is 16.8. The lowest BCUT2D eigenvalue weighted by Crippen LogP contribution is -2.30. The van der Waals surface area contributed by atoms with Crippen LogP contribution in [0, 0.1) is 0 Å². The van der Waals surface area contributed by atoms with E-state index in [-0.39, 0.29) is 31.6 Å². The molecule has 0 saturated heterocycles. The highest BCUT2D eigenvalue weighted by atomic mass is 16.6. The molecule has 1 unspecified atom stereocenters. The normalized spacial score (nSPS) is 12.7. The van der Waals surface area contributed by atoms with E-state index >= 15 is 0 Å². The fourth-order valence-corrected chi connectivity index (χ4v) is 9.05. The molecule has 0 radical (unpaired) electrons. The summed E-state index contributed by atoms with van der Waals surface area (Å²) in [6, 6.07) is 0. The minimum Gasteiger partial charge on any atom is -0.462 e. The number of carbonyl (C=O) groups is 3. The number of ether oxygens (including phenoxy) is 3. The van der Waals surface area contributed by atoms with Gasteiger partial charge in [0.1, 0.15) is 13.2 Å². The van der Waals surface area contributed by atoms with Crippen molar-refractivity contribution in [1.82, 2.24) is 0 Å². The highest BCUT2D eigenvalue weighted by Crippen LogP contribution is 2.17. The van der Waals surface area contributed by atoms with Crippen LogP contribution in [-0.2, 0) is 28.6 Å². The second kappa shape index (κ2) is 63.9. The maximum absolute atomic E-state index is 12.9. The third kappa shape index (κ3) is 61.2. The van der Waals surface area contributed by atoms with Gasteiger partial charge in [-0.15, -0.1) is 0 Å². The zero-order valence-electron chi connectivity index (χ0n) is 50.0. The molecule has 0 heterocycles. The topological polar surface area (TPSA) is 78.9 Å². The van der Waals surface area contributed by atoms with Crippen molar-refractivity contribution in [3.05, 3.63) is 97.2 Å². The molecule has 0 aromatic carbocycles. The quantitative estimate of drug-likeness (QED) is 0.0261. The standard InChI is InChI=1S/C70H120O6/c1-4-7-10-13-16-19-22-25-28-30-31-32-33-34-35-36-37-38-39-40-43-45-48-51-54-57-60-63-69(72)75-66-67(65-74-68(71)62-59-56-53-50-47-44-41-27-24-21-18-15-12-9-6-3)76-70(73)64-61-58-55-52-49-46-42-29-26-23-20-17-14-11-8-5-2/h9,12,18,21-22,25,27,30-31,33-34,41,47,50,56,59,67H,4-8,10-11,13-17,19-20,23-24,26,28-29,32,35-40,42-46,48-49,51-55,57-58,60-66H2,1-3H3/b12-9-,21-18-,25-22-,31-30-,34-33-,41-27-,50-47-,59-56-. The Morgan fingerprint density at radius 2 is 0.566 bits per heavy atom. The molecule has 0 aliphatic rings. The Hall–Kier alpha value is -3.67. The summed E-state index contributed by atoms with van der Waals surface area (Å²) in [5, 5.41) is 0. The summed E-state index contributed by atoms with van der Waals surface area (Å²) >= 11 is 0. The van der Waals surface area contributed by atoms with Gasteiger partial charge in [-0.25, -0.2) is 0 Å². The van der Waals surface area contributed by atoms with Gasteiger partial charge in [-0.05, 0) is 83.5 Å². The van der Waals surface area contributed by atoms with Gasteiger partial charge in [-0.2, -0.15) is 0 Å². The van der Waals surface area contributed by atoms with Crippen LogP contribution in [0.15, 0.2) is 97.2 Å². The molecule has 1 atom stereocenters. The van der Waals surface area contributed by atoms with Gasteiger partial charge < -0.3 is 14.2 Å². The first kappa shape index (κ1) is 72.3. The molecule has 0 N–H and O–H groups in total. The Balaban J connectivity index is 4.35. The maximum atomic E-state index is 12.9. The molecule has 76 heavy (non-hydrogen) atoms. The summed E-state index contributed by atoms with van der Waals surface area (Å²) in [6.45, 7) is 6.46. The number of unbranched alkanes of at least 4 members (excludes halogenated alkanes) is 32. The van der Waals surface area contributed by atoms with E-state index in [4.69, 9.17) is 14.2 Å². The largest absolute Gasteiger partial charge is 0.462 e. The molecular formula is C70H120O6. The third-order valence-corrected chi connectivity index (χ3v) is 13.9. The van der Waals surface area contributed by atoms with Crippen LogP contribution in [0.25, 0.3) is 0 Å². The maximum Gasteiger partial charge on any atom is 0.309 e. The monoisotopic (exact) mass is 1060 g/mol. The number of rotatable bonds is 58. The van der Waals surface area contributed by atoms with Gasteiger partial charge in [0.15, 0.2) is 6.10 Å². The summed E-state index contributed by atoms with van der Waals surface area (Å²) in [7, 11) is 0. The van der Waals surface area contributed by atoms with Crippen molar-refractivity contribution in [2.75, 3.05) is 13.2 Å². The Kier molecular flexibility index (Phi) is 60.8. The predicted molar refractivity (Wildman–Crippen MR) is 330 cm³/mol. The summed E-state index contributed by atoms with van der Waals surface area (Å²) in [6.07, 6.45) is 85.9. The molecular weight excluding hydrogens is 937 g/mol. The number of carbonyl (C=O) groups excluding carboxylic acids is 3. The van der Waals surface area contributed by atoms with Crippen molar-refractivity contribution < 1.29 is 28.6 Å². The average Bonchev–Trinajstić information content (AvgIpc) is 3.42. The molecule has 0 aromatic heterocycles. The number of esters is 3. The molecule has 0 rings (SSSR count). The molecule has 0 bridgehead atoms. The van der Waals surface area contributed by atoms with E-state index in [0.717, 1.165) is 83.5 Å². The average molecular weight is 1060 g/mol. The van der Waals surface area contributed by atoms with Gasteiger partial charge in [0.05, 0.1) is 6.42 Å². The Bertz CT molecular complexity index is 1490. The van der Waals surface area contributed by atoms with Crippen molar-refractivity contribution in [3.63, 3.8) is 0 Å². The Morgan fingerprint density at radius 3 is 0.921 bits per heavy atom. The Morgan fingerprint density at radius 1 is 0.289 bits per heavy atom. The first-order chi connectivity index (χ1) is 37.5. The van der Waals surface area contributed by atoms with Crippen LogP contribution in [0.4, 0.5) is 0 Å². The van der Waals surface area contributed by atoms with Crippen molar-refractivity contribution in [1.29, 1.82) is 0 Å². The first-order valence-electron chi connectivity index (χ1n) is 32.2. The zero-order chi connectivity index (χ0) is 55.0. The predicted octanol–water partition coefficient (Wildman–Crippen LogP) is 22.0. The van der Waals surface area contributed by atoms with Crippen LogP contribution in [0.1, 0.15) is 310 Å². The molecule has 0 aromatic rings. The second-order valence-corrected chi connectivity index (χ2v) is 21.3. The van der Waals surface area contributed by atoms with Gasteiger partial charge in [-0.1, -0.05) is 304 Å². The molecule has 0 fully saturated rings. The fraction of sp³-hybridized carbons (Fsp3) is 0.729. The van der Waals surface area contributed by atoms with Gasteiger partial charge in [0.2, 0.25) is 0 Å². The third-order valence-electron chi connectivity index (χ3n) is 13.9. The van der Waals surface area contributed by atoms with Crippen molar-refractivity contribution in [2.45, 2.75) is 316 Å². The van der Waals surface area contributed by atoms with Gasteiger partial charge in [0, 0.05) is 12.8 Å². The van der Waals surface area contributed by atoms with Gasteiger partial charge in [-0.3, -0.25) is 14.4 Å². The minimum atomic E-state index is -0.818. The van der Waals surface area contributed by atoms with Crippen LogP contribution in [-0.4, -0.2) is 37.2 Å². The second-order valence-electron chi connectivity index (χ2n) is 21.3. The fourth-order valence-electron chi connectivity index (χ4n) is 9.05. The Labute approximate surface area is 470 Å². The molecule has 0 amide bonds. The molecule has 0 spiro atoms. The number of hydrogen-bond acceptors (Lipinski definition) is 6. The minimum absolute atomic E-state index is 0.106. The molecule has 0 aliphatic heterocycles. The van der Waals surface area contributed by atoms with Crippen LogP contribution in [0.5, 0.6) is 0 Å². The summed E-state index contributed by atoms with van der Waals surface area (Å²) in [4.78, 5) is 38.2. The smallest absolute Gasteiger partial charge is 0.309 e. The summed E-state index contributed by atoms with van der Waals surface area (Å²) in [5.41, 5.74) is 0. The SMILES string of the molecule is CC/C=C\C/C=C\C/C=C\C/C=C\C/C=C\CC(=O)OCC(COC(=O)CCCCCCCCCCCCCC/C=C\C/C=C\C/C=C\CCCCCCC)OC(=O)CCCCCCCCCCCCCCCCCC. The van der Waals surface area contributed by atoms with Gasteiger partial charge in [0.25, 0.3) is 0 Å². The molecule has 0 aliphatic carbocycles. The van der Waals surface area contributed by atoms with E-state index in [9.17, 15) is 14.4 Å². The lowest BCUT2D eigenvalue weighted by Gasteiger charge is -2.18. The van der Waals surface area contributed by atoms with Gasteiger partial charge >= 0.3 is 17.9 Å². The van der Waals surface area contributed by atoms with E-state index in [0.29, 0.717) is 12.8 Å². The lowest BCUT2D eigenvalue weighted by atomic mass is 10.0. The van der Waals surface area contributed by atoms with Crippen molar-refractivity contribution in [2.24, 2.45) is 0 Å². The van der Waals surface area contributed by atoms with Crippen LogP contribution < -0.4 is 0 Å². The number of allylic oxidation sites excluding steroid dienone is 15. The first-order valence-corrected chi connectivity index (χ1v) is 32.2. The van der Waals surface area contributed by atoms with Crippen LogP contribution in [0.2, 0.25) is 0 Å². The lowest BCUT2D eigenvalue weighted by molar-refractivity contribution is -0.166. The molecule has 436 valence electrons. The highest BCUT2D eigenvalue weighted by Gasteiger charge is 2.19. The van der Waals surface area contributed by atoms with E-state index in [1.54, 1.807) is 6.08 Å². The van der Waals surface area contributed by atoms with E-state index in [2.05, 4.69) is 106 Å². The zero-order valence-corrected chi connectivity index (χ0v) is 50.0. The number of hydrogen-bond donors (Lipinski definition) is 0. The summed E-state index contributed by atoms with van der Waals surface area (Å²) in [5.74, 6) is -1.03. The van der Waals surface area contributed by atoms with E-state index in [1.807, 2.05) is 6.08 Å².